The van der Waals surface area contributed by atoms with Crippen LogP contribution in [0.3, 0.4) is 0 Å². The molecule has 0 bridgehead atoms. The van der Waals surface area contributed by atoms with Crippen LogP contribution in [0.5, 0.6) is 0 Å². The van der Waals surface area contributed by atoms with Crippen molar-refractivity contribution in [3.05, 3.63) is 52.3 Å². The van der Waals surface area contributed by atoms with Crippen LogP contribution in [0.4, 0.5) is 0 Å². The van der Waals surface area contributed by atoms with Crippen LogP contribution in [0.1, 0.15) is 36.1 Å². The average molecular weight is 278 g/mol. The molecular weight excluding hydrogens is 258 g/mol. The molecule has 0 aliphatic carbocycles. The third kappa shape index (κ3) is 3.37. The Hall–Kier alpha value is -1.32. The molecule has 1 aromatic carbocycles. The zero-order valence-corrected chi connectivity index (χ0v) is 12.4. The van der Waals surface area contributed by atoms with E-state index < -0.39 is 0 Å². The van der Waals surface area contributed by atoms with Crippen LogP contribution in [0.2, 0.25) is 5.02 Å². The summed E-state index contributed by atoms with van der Waals surface area (Å²) in [5.41, 5.74) is 3.64. The smallest absolute Gasteiger partial charge is 0.0610 e. The fourth-order valence-corrected chi connectivity index (χ4v) is 2.47. The molecule has 1 aromatic heterocycles. The van der Waals surface area contributed by atoms with Gasteiger partial charge in [-0.1, -0.05) is 24.6 Å². The molecule has 2 rings (SSSR count). The lowest BCUT2D eigenvalue weighted by molar-refractivity contribution is 0.595. The van der Waals surface area contributed by atoms with Crippen molar-refractivity contribution in [2.45, 2.75) is 26.3 Å². The van der Waals surface area contributed by atoms with Crippen molar-refractivity contribution in [3.63, 3.8) is 0 Å². The van der Waals surface area contributed by atoms with E-state index in [0.717, 1.165) is 18.0 Å². The van der Waals surface area contributed by atoms with Crippen LogP contribution in [-0.4, -0.2) is 16.3 Å². The molecule has 19 heavy (non-hydrogen) atoms. The molecule has 2 aromatic rings. The van der Waals surface area contributed by atoms with Gasteiger partial charge in [-0.15, -0.1) is 0 Å². The van der Waals surface area contributed by atoms with Gasteiger partial charge in [0.1, 0.15) is 0 Å². The topological polar surface area (TPSA) is 29.9 Å². The van der Waals surface area contributed by atoms with Crippen LogP contribution in [0.25, 0.3) is 0 Å². The second-order valence-electron chi connectivity index (χ2n) is 4.84. The minimum absolute atomic E-state index is 0.172. The van der Waals surface area contributed by atoms with E-state index in [9.17, 15) is 0 Å². The van der Waals surface area contributed by atoms with Crippen molar-refractivity contribution in [1.29, 1.82) is 0 Å². The first-order valence-electron chi connectivity index (χ1n) is 6.59. The number of aromatic nitrogens is 2. The lowest BCUT2D eigenvalue weighted by Gasteiger charge is -2.20. The molecule has 1 heterocycles. The van der Waals surface area contributed by atoms with Crippen molar-refractivity contribution in [2.24, 2.45) is 7.05 Å². The monoisotopic (exact) mass is 277 g/mol. The maximum atomic E-state index is 6.04. The van der Waals surface area contributed by atoms with E-state index in [4.69, 9.17) is 11.6 Å². The fourth-order valence-electron chi connectivity index (χ4n) is 2.25. The van der Waals surface area contributed by atoms with Crippen LogP contribution in [0.15, 0.2) is 30.6 Å². The molecule has 0 amide bonds. The maximum Gasteiger partial charge on any atom is 0.0610 e. The number of nitrogens with one attached hydrogen (secondary N) is 1. The Balaban J connectivity index is 2.36. The molecule has 1 atom stereocenters. The van der Waals surface area contributed by atoms with Gasteiger partial charge in [0.05, 0.1) is 12.2 Å². The number of hydrogen-bond donors (Lipinski definition) is 1. The first-order chi connectivity index (χ1) is 9.11. The Morgan fingerprint density at radius 1 is 1.42 bits per heavy atom. The number of rotatable bonds is 5. The lowest BCUT2D eigenvalue weighted by atomic mass is 9.97. The van der Waals surface area contributed by atoms with Crippen LogP contribution in [-0.2, 0) is 7.05 Å². The molecule has 102 valence electrons. The summed E-state index contributed by atoms with van der Waals surface area (Å²) in [7, 11) is 1.94. The van der Waals surface area contributed by atoms with E-state index >= 15 is 0 Å². The quantitative estimate of drug-likeness (QED) is 0.907. The predicted molar refractivity (Wildman–Crippen MR) is 79.5 cm³/mol. The third-order valence-corrected chi connectivity index (χ3v) is 3.43. The Morgan fingerprint density at radius 3 is 2.79 bits per heavy atom. The number of aryl methyl sites for hydroxylation is 2. The molecule has 0 fully saturated rings. The minimum Gasteiger partial charge on any atom is -0.306 e. The van der Waals surface area contributed by atoms with E-state index in [1.54, 1.807) is 0 Å². The first kappa shape index (κ1) is 14.1. The summed E-state index contributed by atoms with van der Waals surface area (Å²) in [6, 6.07) is 6.22. The van der Waals surface area contributed by atoms with Crippen molar-refractivity contribution in [2.75, 3.05) is 6.54 Å². The molecule has 0 aliphatic heterocycles. The Labute approximate surface area is 119 Å². The normalized spacial score (nSPS) is 12.6. The third-order valence-electron chi connectivity index (χ3n) is 3.20. The Morgan fingerprint density at radius 2 is 2.21 bits per heavy atom. The first-order valence-corrected chi connectivity index (χ1v) is 6.97. The van der Waals surface area contributed by atoms with Crippen molar-refractivity contribution in [1.82, 2.24) is 15.1 Å². The van der Waals surface area contributed by atoms with Gasteiger partial charge in [0.15, 0.2) is 0 Å². The highest BCUT2D eigenvalue weighted by molar-refractivity contribution is 6.30. The van der Waals surface area contributed by atoms with E-state index in [1.807, 2.05) is 30.1 Å². The van der Waals surface area contributed by atoms with Gasteiger partial charge in [0.2, 0.25) is 0 Å². The SMILES string of the molecule is CCCNC(c1cnn(C)c1)c1ccc(Cl)cc1C. The van der Waals surface area contributed by atoms with Gasteiger partial charge >= 0.3 is 0 Å². The summed E-state index contributed by atoms with van der Waals surface area (Å²) in [6.45, 7) is 5.24. The molecule has 0 saturated heterocycles. The van der Waals surface area contributed by atoms with E-state index in [-0.39, 0.29) is 6.04 Å². The second kappa shape index (κ2) is 6.22. The van der Waals surface area contributed by atoms with Crippen molar-refractivity contribution < 1.29 is 0 Å². The maximum absolute atomic E-state index is 6.04. The van der Waals surface area contributed by atoms with Gasteiger partial charge in [-0.05, 0) is 43.1 Å². The zero-order chi connectivity index (χ0) is 13.8. The van der Waals surface area contributed by atoms with Crippen LogP contribution < -0.4 is 5.32 Å². The fraction of sp³-hybridized carbons (Fsp3) is 0.400. The molecule has 4 heteroatoms. The average Bonchev–Trinajstić information content (AvgIpc) is 2.78. The summed E-state index contributed by atoms with van der Waals surface area (Å²) in [5, 5.41) is 8.63. The lowest BCUT2D eigenvalue weighted by Crippen LogP contribution is -2.23. The van der Waals surface area contributed by atoms with E-state index in [0.29, 0.717) is 0 Å². The standard InChI is InChI=1S/C15H20ClN3/c1-4-7-17-15(12-9-18-19(3)10-12)14-6-5-13(16)8-11(14)2/h5-6,8-10,15,17H,4,7H2,1-3H3. The molecule has 1 unspecified atom stereocenters. The largest absolute Gasteiger partial charge is 0.306 e. The van der Waals surface area contributed by atoms with Crippen molar-refractivity contribution >= 4 is 11.6 Å². The van der Waals surface area contributed by atoms with Gasteiger partial charge < -0.3 is 5.32 Å². The van der Waals surface area contributed by atoms with Gasteiger partial charge in [-0.2, -0.15) is 5.10 Å². The Kier molecular flexibility index (Phi) is 4.61. The molecule has 0 aliphatic rings. The predicted octanol–water partition coefficient (Wildman–Crippen LogP) is 3.47. The zero-order valence-electron chi connectivity index (χ0n) is 11.7. The number of benzene rings is 1. The van der Waals surface area contributed by atoms with Crippen LogP contribution >= 0.6 is 11.6 Å². The van der Waals surface area contributed by atoms with E-state index in [2.05, 4.69) is 36.5 Å². The summed E-state index contributed by atoms with van der Waals surface area (Å²) in [6.07, 6.45) is 5.08. The molecule has 0 spiro atoms. The summed E-state index contributed by atoms with van der Waals surface area (Å²) in [4.78, 5) is 0. The number of halogens is 1. The highest BCUT2D eigenvalue weighted by Crippen LogP contribution is 2.26. The van der Waals surface area contributed by atoms with E-state index in [1.165, 1.54) is 16.7 Å². The highest BCUT2D eigenvalue weighted by Gasteiger charge is 2.17. The highest BCUT2D eigenvalue weighted by atomic mass is 35.5. The van der Waals surface area contributed by atoms with Gasteiger partial charge in [-0.25, -0.2) is 0 Å². The van der Waals surface area contributed by atoms with Gasteiger partial charge in [0.25, 0.3) is 0 Å². The summed E-state index contributed by atoms with van der Waals surface area (Å²) in [5.74, 6) is 0. The molecule has 3 nitrogen and oxygen atoms in total. The number of nitrogens with zero attached hydrogens (tertiary/aromatic N) is 2. The summed E-state index contributed by atoms with van der Waals surface area (Å²) < 4.78 is 1.83. The minimum atomic E-state index is 0.172. The molecule has 0 saturated carbocycles. The molecule has 1 N–H and O–H groups in total. The Bertz CT molecular complexity index is 548. The summed E-state index contributed by atoms with van der Waals surface area (Å²) >= 11 is 6.04. The van der Waals surface area contributed by atoms with Crippen LogP contribution in [0, 0.1) is 6.92 Å². The molecular formula is C15H20ClN3. The van der Waals surface area contributed by atoms with Gasteiger partial charge in [-0.3, -0.25) is 4.68 Å². The number of hydrogen-bond acceptors (Lipinski definition) is 2. The second-order valence-corrected chi connectivity index (χ2v) is 5.27. The van der Waals surface area contributed by atoms with Gasteiger partial charge in [0, 0.05) is 23.8 Å². The molecule has 0 radical (unpaired) electrons. The van der Waals surface area contributed by atoms with Crippen molar-refractivity contribution in [3.8, 4) is 0 Å².